The van der Waals surface area contributed by atoms with Crippen molar-refractivity contribution in [3.05, 3.63) is 70.1 Å². The summed E-state index contributed by atoms with van der Waals surface area (Å²) in [6.07, 6.45) is 2.28. The van der Waals surface area contributed by atoms with Crippen LogP contribution in [0.4, 0.5) is 10.2 Å². The van der Waals surface area contributed by atoms with Crippen LogP contribution in [0.2, 0.25) is 5.02 Å². The number of nitrogens with two attached hydrogens (primary N) is 1. The molecule has 2 aromatic rings. The Balaban J connectivity index is 2.77. The molecule has 0 radical (unpaired) electrons. The summed E-state index contributed by atoms with van der Waals surface area (Å²) in [4.78, 5) is 7.88. The number of hydrogen-bond acceptors (Lipinski definition) is 4. The second-order valence-electron chi connectivity index (χ2n) is 4.75. The molecular weight excluding hydrogens is 305 g/mol. The fourth-order valence-electron chi connectivity index (χ4n) is 2.03. The van der Waals surface area contributed by atoms with Crippen molar-refractivity contribution in [1.82, 2.24) is 9.97 Å². The molecule has 0 atom stereocenters. The fourth-order valence-corrected chi connectivity index (χ4v) is 2.21. The molecule has 0 amide bonds. The third kappa shape index (κ3) is 3.43. The van der Waals surface area contributed by atoms with Crippen LogP contribution < -0.4 is 5.73 Å². The number of aromatic nitrogens is 2. The molecule has 0 aliphatic rings. The van der Waals surface area contributed by atoms with Gasteiger partial charge in [-0.05, 0) is 31.0 Å². The van der Waals surface area contributed by atoms with Crippen LogP contribution in [0.25, 0.3) is 5.57 Å². The van der Waals surface area contributed by atoms with E-state index < -0.39 is 5.83 Å². The Morgan fingerprint density at radius 1 is 1.36 bits per heavy atom. The van der Waals surface area contributed by atoms with Gasteiger partial charge in [-0.1, -0.05) is 23.7 Å². The topological polar surface area (TPSA) is 72.0 Å². The van der Waals surface area contributed by atoms with E-state index in [2.05, 4.69) is 9.97 Å². The first-order chi connectivity index (χ1) is 10.4. The first-order valence-corrected chi connectivity index (χ1v) is 6.88. The van der Waals surface area contributed by atoms with Crippen LogP contribution in [0.3, 0.4) is 0 Å². The lowest BCUT2D eigenvalue weighted by Crippen LogP contribution is -2.00. The Bertz CT molecular complexity index is 768. The standard InChI is InChI=1S/C16H15ClFN3O/c1-9(22)6-13(18)16(14-7-15(19)21-8-20-14)11-4-3-5-12(17)10(11)2/h3-8,22H,1-2H3,(H2,19,20,21)/b9-6+,16-13+. The van der Waals surface area contributed by atoms with Crippen LogP contribution in [-0.2, 0) is 0 Å². The predicted molar refractivity (Wildman–Crippen MR) is 86.1 cm³/mol. The van der Waals surface area contributed by atoms with Gasteiger partial charge < -0.3 is 10.8 Å². The van der Waals surface area contributed by atoms with Gasteiger partial charge >= 0.3 is 0 Å². The second-order valence-corrected chi connectivity index (χ2v) is 5.16. The Kier molecular flexibility index (Phi) is 4.78. The van der Waals surface area contributed by atoms with Crippen LogP contribution in [0.5, 0.6) is 0 Å². The highest BCUT2D eigenvalue weighted by Crippen LogP contribution is 2.32. The number of anilines is 1. The number of aliphatic hydroxyl groups excluding tert-OH is 1. The highest BCUT2D eigenvalue weighted by molar-refractivity contribution is 6.31. The van der Waals surface area contributed by atoms with Crippen LogP contribution in [0, 0.1) is 6.92 Å². The molecule has 1 heterocycles. The van der Waals surface area contributed by atoms with Gasteiger partial charge in [0.1, 0.15) is 18.0 Å². The van der Waals surface area contributed by atoms with E-state index in [4.69, 9.17) is 17.3 Å². The van der Waals surface area contributed by atoms with Crippen molar-refractivity contribution in [2.45, 2.75) is 13.8 Å². The van der Waals surface area contributed by atoms with Gasteiger partial charge in [0.05, 0.1) is 11.5 Å². The van der Waals surface area contributed by atoms with E-state index in [9.17, 15) is 9.50 Å². The molecule has 0 bridgehead atoms. The molecule has 4 nitrogen and oxygen atoms in total. The summed E-state index contributed by atoms with van der Waals surface area (Å²) in [5, 5.41) is 9.86. The summed E-state index contributed by atoms with van der Waals surface area (Å²) in [6, 6.07) is 6.64. The van der Waals surface area contributed by atoms with Crippen molar-refractivity contribution in [3.8, 4) is 0 Å². The number of allylic oxidation sites excluding steroid dienone is 3. The van der Waals surface area contributed by atoms with Gasteiger partial charge in [0.2, 0.25) is 0 Å². The first-order valence-electron chi connectivity index (χ1n) is 6.50. The van der Waals surface area contributed by atoms with E-state index in [1.54, 1.807) is 25.1 Å². The molecule has 22 heavy (non-hydrogen) atoms. The molecule has 0 fully saturated rings. The summed E-state index contributed by atoms with van der Waals surface area (Å²) in [5.41, 5.74) is 7.44. The van der Waals surface area contributed by atoms with Gasteiger partial charge in [0.15, 0.2) is 0 Å². The highest BCUT2D eigenvalue weighted by atomic mass is 35.5. The summed E-state index contributed by atoms with van der Waals surface area (Å²) < 4.78 is 14.6. The lowest BCUT2D eigenvalue weighted by Gasteiger charge is -2.12. The van der Waals surface area contributed by atoms with Crippen molar-refractivity contribution < 1.29 is 9.50 Å². The second kappa shape index (κ2) is 6.58. The maximum atomic E-state index is 14.6. The Hall–Kier alpha value is -2.40. The first kappa shape index (κ1) is 16.0. The molecule has 1 aromatic heterocycles. The minimum atomic E-state index is -0.636. The molecule has 0 unspecified atom stereocenters. The maximum absolute atomic E-state index is 14.6. The summed E-state index contributed by atoms with van der Waals surface area (Å²) in [5.74, 6) is -0.570. The zero-order valence-electron chi connectivity index (χ0n) is 12.1. The average molecular weight is 320 g/mol. The smallest absolute Gasteiger partial charge is 0.136 e. The lowest BCUT2D eigenvalue weighted by atomic mass is 9.96. The summed E-state index contributed by atoms with van der Waals surface area (Å²) in [6.45, 7) is 3.17. The molecule has 114 valence electrons. The molecule has 0 saturated heterocycles. The molecule has 3 N–H and O–H groups in total. The number of halogens is 2. The molecule has 0 spiro atoms. The van der Waals surface area contributed by atoms with Crippen molar-refractivity contribution in [1.29, 1.82) is 0 Å². The van der Waals surface area contributed by atoms with Gasteiger partial charge in [-0.2, -0.15) is 0 Å². The minimum absolute atomic E-state index is 0.156. The number of nitrogens with zero attached hydrogens (tertiary/aromatic N) is 2. The molecular formula is C16H15ClFN3O. The highest BCUT2D eigenvalue weighted by Gasteiger charge is 2.16. The molecule has 1 aromatic carbocycles. The maximum Gasteiger partial charge on any atom is 0.136 e. The van der Waals surface area contributed by atoms with Gasteiger partial charge in [-0.15, -0.1) is 0 Å². The van der Waals surface area contributed by atoms with E-state index >= 15 is 0 Å². The summed E-state index contributed by atoms with van der Waals surface area (Å²) >= 11 is 6.12. The number of aliphatic hydroxyl groups is 1. The zero-order chi connectivity index (χ0) is 16.3. The number of benzene rings is 1. The minimum Gasteiger partial charge on any atom is -0.513 e. The van der Waals surface area contributed by atoms with Crippen molar-refractivity contribution in [2.75, 3.05) is 5.73 Å². The molecule has 6 heteroatoms. The Morgan fingerprint density at radius 2 is 2.09 bits per heavy atom. The van der Waals surface area contributed by atoms with E-state index in [1.165, 1.54) is 19.3 Å². The number of hydrogen-bond donors (Lipinski definition) is 2. The molecule has 0 aliphatic heterocycles. The Morgan fingerprint density at radius 3 is 2.73 bits per heavy atom. The third-order valence-corrected chi connectivity index (χ3v) is 3.47. The average Bonchev–Trinajstić information content (AvgIpc) is 2.43. The van der Waals surface area contributed by atoms with Gasteiger partial charge in [0.25, 0.3) is 0 Å². The Labute approximate surface area is 132 Å². The fraction of sp³-hybridized carbons (Fsp3) is 0.125. The zero-order valence-corrected chi connectivity index (χ0v) is 12.9. The lowest BCUT2D eigenvalue weighted by molar-refractivity contribution is 0.411. The van der Waals surface area contributed by atoms with Crippen LogP contribution in [0.15, 0.2) is 48.3 Å². The third-order valence-electron chi connectivity index (χ3n) is 3.06. The van der Waals surface area contributed by atoms with E-state index in [0.29, 0.717) is 21.8 Å². The van der Waals surface area contributed by atoms with E-state index in [1.807, 2.05) is 0 Å². The van der Waals surface area contributed by atoms with Crippen LogP contribution >= 0.6 is 11.6 Å². The predicted octanol–water partition coefficient (Wildman–Crippen LogP) is 4.21. The molecule has 0 aliphatic carbocycles. The SMILES string of the molecule is C/C(O)=C\C(F)=C(/c1cc(N)ncn1)c1cccc(Cl)c1C. The quantitative estimate of drug-likeness (QED) is 0.656. The van der Waals surface area contributed by atoms with Crippen LogP contribution in [-0.4, -0.2) is 15.1 Å². The van der Waals surface area contributed by atoms with Gasteiger partial charge in [-0.3, -0.25) is 0 Å². The van der Waals surface area contributed by atoms with Gasteiger partial charge in [0, 0.05) is 22.7 Å². The number of rotatable bonds is 3. The van der Waals surface area contributed by atoms with Gasteiger partial charge in [-0.25, -0.2) is 14.4 Å². The van der Waals surface area contributed by atoms with Crippen molar-refractivity contribution >= 4 is 23.0 Å². The molecule has 0 saturated carbocycles. The normalized spacial score (nSPS) is 13.0. The monoisotopic (exact) mass is 319 g/mol. The van der Waals surface area contributed by atoms with Crippen molar-refractivity contribution in [3.63, 3.8) is 0 Å². The molecule has 2 rings (SSSR count). The van der Waals surface area contributed by atoms with E-state index in [-0.39, 0.29) is 17.2 Å². The number of nitrogen functional groups attached to an aromatic ring is 1. The largest absolute Gasteiger partial charge is 0.513 e. The van der Waals surface area contributed by atoms with E-state index in [0.717, 1.165) is 6.08 Å². The van der Waals surface area contributed by atoms with Crippen LogP contribution in [0.1, 0.15) is 23.7 Å². The summed E-state index contributed by atoms with van der Waals surface area (Å²) in [7, 11) is 0. The van der Waals surface area contributed by atoms with Crippen molar-refractivity contribution in [2.24, 2.45) is 0 Å².